The van der Waals surface area contributed by atoms with E-state index in [0.717, 1.165) is 30.2 Å². The molecule has 0 bridgehead atoms. The normalized spacial score (nSPS) is 26.3. The van der Waals surface area contributed by atoms with Crippen molar-refractivity contribution in [2.24, 2.45) is 29.4 Å². The summed E-state index contributed by atoms with van der Waals surface area (Å²) in [5.74, 6) is 3.20. The van der Waals surface area contributed by atoms with E-state index in [1.54, 1.807) is 5.56 Å². The number of rotatable bonds is 4. The van der Waals surface area contributed by atoms with E-state index in [1.807, 2.05) is 0 Å². The zero-order valence-corrected chi connectivity index (χ0v) is 14.6. The van der Waals surface area contributed by atoms with E-state index < -0.39 is 0 Å². The van der Waals surface area contributed by atoms with Gasteiger partial charge in [-0.05, 0) is 93.4 Å². The Balaban J connectivity index is 2.19. The van der Waals surface area contributed by atoms with Crippen molar-refractivity contribution in [3.8, 4) is 0 Å². The third kappa shape index (κ3) is 3.88. The molecule has 3 unspecified atom stereocenters. The Bertz CT molecular complexity index is 452. The lowest BCUT2D eigenvalue weighted by Crippen LogP contribution is -2.33. The SMILES string of the molecule is Cc1cc(C)c(CC2CC(C(C)C)CCC2CN)c(C)c1. The third-order valence-corrected chi connectivity index (χ3v) is 5.73. The van der Waals surface area contributed by atoms with Crippen molar-refractivity contribution in [1.29, 1.82) is 0 Å². The average Bonchev–Trinajstić information content (AvgIpc) is 2.42. The van der Waals surface area contributed by atoms with E-state index in [-0.39, 0.29) is 0 Å². The van der Waals surface area contributed by atoms with E-state index >= 15 is 0 Å². The minimum absolute atomic E-state index is 0.722. The largest absolute Gasteiger partial charge is 0.330 e. The molecular weight excluding hydrogens is 254 g/mol. The first-order chi connectivity index (χ1) is 9.92. The molecule has 0 aromatic heterocycles. The summed E-state index contributed by atoms with van der Waals surface area (Å²) in [6.45, 7) is 12.4. The Kier molecular flexibility index (Phi) is 5.48. The fourth-order valence-corrected chi connectivity index (χ4v) is 4.32. The van der Waals surface area contributed by atoms with E-state index in [4.69, 9.17) is 5.73 Å². The quantitative estimate of drug-likeness (QED) is 0.845. The van der Waals surface area contributed by atoms with Crippen molar-refractivity contribution >= 4 is 0 Å². The lowest BCUT2D eigenvalue weighted by atomic mass is 9.68. The first kappa shape index (κ1) is 16.5. The molecule has 2 N–H and O–H groups in total. The van der Waals surface area contributed by atoms with Crippen LogP contribution >= 0.6 is 0 Å². The Morgan fingerprint density at radius 2 is 1.67 bits per heavy atom. The van der Waals surface area contributed by atoms with Gasteiger partial charge in [0, 0.05) is 0 Å². The summed E-state index contributed by atoms with van der Waals surface area (Å²) in [5.41, 5.74) is 12.0. The lowest BCUT2D eigenvalue weighted by Gasteiger charge is -2.38. The highest BCUT2D eigenvalue weighted by molar-refractivity contribution is 5.37. The molecule has 1 aromatic rings. The van der Waals surface area contributed by atoms with Gasteiger partial charge < -0.3 is 5.73 Å². The molecule has 0 aliphatic heterocycles. The number of hydrogen-bond acceptors (Lipinski definition) is 1. The molecule has 1 aliphatic carbocycles. The fraction of sp³-hybridized carbons (Fsp3) is 0.700. The monoisotopic (exact) mass is 287 g/mol. The van der Waals surface area contributed by atoms with Crippen molar-refractivity contribution in [2.45, 2.75) is 60.3 Å². The van der Waals surface area contributed by atoms with Gasteiger partial charge in [-0.3, -0.25) is 0 Å². The van der Waals surface area contributed by atoms with Crippen LogP contribution in [0.25, 0.3) is 0 Å². The number of nitrogens with two attached hydrogens (primary N) is 1. The molecule has 1 saturated carbocycles. The predicted molar refractivity (Wildman–Crippen MR) is 92.6 cm³/mol. The lowest BCUT2D eigenvalue weighted by molar-refractivity contribution is 0.151. The molecule has 1 aromatic carbocycles. The highest BCUT2D eigenvalue weighted by Gasteiger charge is 2.31. The molecule has 2 rings (SSSR count). The van der Waals surface area contributed by atoms with Gasteiger partial charge in [-0.2, -0.15) is 0 Å². The van der Waals surface area contributed by atoms with Crippen LogP contribution in [0.15, 0.2) is 12.1 Å². The molecule has 0 heterocycles. The molecular formula is C20H33N. The average molecular weight is 287 g/mol. The van der Waals surface area contributed by atoms with Crippen LogP contribution in [-0.4, -0.2) is 6.54 Å². The van der Waals surface area contributed by atoms with E-state index in [9.17, 15) is 0 Å². The van der Waals surface area contributed by atoms with Gasteiger partial charge in [0.15, 0.2) is 0 Å². The minimum Gasteiger partial charge on any atom is -0.330 e. The Hall–Kier alpha value is -0.820. The Morgan fingerprint density at radius 1 is 1.05 bits per heavy atom. The second-order valence-corrected chi connectivity index (χ2v) is 7.65. The summed E-state index contributed by atoms with van der Waals surface area (Å²) in [4.78, 5) is 0. The van der Waals surface area contributed by atoms with Crippen LogP contribution in [0.3, 0.4) is 0 Å². The van der Waals surface area contributed by atoms with E-state index in [1.165, 1.54) is 42.4 Å². The molecule has 0 radical (unpaired) electrons. The van der Waals surface area contributed by atoms with Gasteiger partial charge >= 0.3 is 0 Å². The standard InChI is InChI=1S/C20H33N/c1-13(2)17-6-7-18(12-21)19(10-17)11-20-15(4)8-14(3)9-16(20)5/h8-9,13,17-19H,6-7,10-12,21H2,1-5H3. The molecule has 0 saturated heterocycles. The maximum absolute atomic E-state index is 6.07. The first-order valence-electron chi connectivity index (χ1n) is 8.69. The van der Waals surface area contributed by atoms with Crippen LogP contribution < -0.4 is 5.73 Å². The molecule has 118 valence electrons. The van der Waals surface area contributed by atoms with Crippen molar-refractivity contribution in [3.05, 3.63) is 34.4 Å². The van der Waals surface area contributed by atoms with Gasteiger partial charge in [-0.15, -0.1) is 0 Å². The minimum atomic E-state index is 0.722. The number of aryl methyl sites for hydroxylation is 3. The molecule has 1 heteroatoms. The predicted octanol–water partition coefficient (Wildman–Crippen LogP) is 4.80. The molecule has 3 atom stereocenters. The summed E-state index contributed by atoms with van der Waals surface area (Å²) in [6, 6.07) is 4.67. The van der Waals surface area contributed by atoms with Gasteiger partial charge in [-0.25, -0.2) is 0 Å². The van der Waals surface area contributed by atoms with Crippen LogP contribution in [0.5, 0.6) is 0 Å². The summed E-state index contributed by atoms with van der Waals surface area (Å²) >= 11 is 0. The van der Waals surface area contributed by atoms with Crippen molar-refractivity contribution in [2.75, 3.05) is 6.54 Å². The highest BCUT2D eigenvalue weighted by atomic mass is 14.6. The second kappa shape index (κ2) is 6.96. The van der Waals surface area contributed by atoms with E-state index in [0.29, 0.717) is 0 Å². The maximum atomic E-state index is 6.07. The van der Waals surface area contributed by atoms with E-state index in [2.05, 4.69) is 46.8 Å². The summed E-state index contributed by atoms with van der Waals surface area (Å²) in [6.07, 6.45) is 5.30. The van der Waals surface area contributed by atoms with Crippen LogP contribution in [0.2, 0.25) is 0 Å². The van der Waals surface area contributed by atoms with Gasteiger partial charge in [0.25, 0.3) is 0 Å². The van der Waals surface area contributed by atoms with Crippen LogP contribution in [0.1, 0.15) is 55.4 Å². The zero-order chi connectivity index (χ0) is 15.6. The van der Waals surface area contributed by atoms with Crippen molar-refractivity contribution in [1.82, 2.24) is 0 Å². The van der Waals surface area contributed by atoms with Gasteiger partial charge in [0.2, 0.25) is 0 Å². The fourth-order valence-electron chi connectivity index (χ4n) is 4.32. The number of benzene rings is 1. The van der Waals surface area contributed by atoms with Gasteiger partial charge in [0.1, 0.15) is 0 Å². The summed E-state index contributed by atoms with van der Waals surface area (Å²) in [7, 11) is 0. The second-order valence-electron chi connectivity index (χ2n) is 7.65. The van der Waals surface area contributed by atoms with Gasteiger partial charge in [0.05, 0.1) is 0 Å². The smallest absolute Gasteiger partial charge is 0.00461 e. The Labute approximate surface area is 131 Å². The zero-order valence-electron chi connectivity index (χ0n) is 14.6. The topological polar surface area (TPSA) is 26.0 Å². The highest BCUT2D eigenvalue weighted by Crippen LogP contribution is 2.39. The third-order valence-electron chi connectivity index (χ3n) is 5.73. The molecule has 1 aliphatic rings. The van der Waals surface area contributed by atoms with Gasteiger partial charge in [-0.1, -0.05) is 31.5 Å². The summed E-state index contributed by atoms with van der Waals surface area (Å²) in [5, 5.41) is 0. The molecule has 1 fully saturated rings. The first-order valence-corrected chi connectivity index (χ1v) is 8.69. The molecule has 0 spiro atoms. The van der Waals surface area contributed by atoms with Crippen molar-refractivity contribution < 1.29 is 0 Å². The molecule has 0 amide bonds. The van der Waals surface area contributed by atoms with Crippen molar-refractivity contribution in [3.63, 3.8) is 0 Å². The van der Waals surface area contributed by atoms with Crippen LogP contribution in [0, 0.1) is 44.4 Å². The summed E-state index contributed by atoms with van der Waals surface area (Å²) < 4.78 is 0. The molecule has 21 heavy (non-hydrogen) atoms. The molecule has 1 nitrogen and oxygen atoms in total. The van der Waals surface area contributed by atoms with Crippen LogP contribution in [0.4, 0.5) is 0 Å². The Morgan fingerprint density at radius 3 is 2.19 bits per heavy atom. The number of hydrogen-bond donors (Lipinski definition) is 1. The maximum Gasteiger partial charge on any atom is -0.00461 e. The van der Waals surface area contributed by atoms with Crippen LogP contribution in [-0.2, 0) is 6.42 Å².